The standard InChI is InChI=1S/C12H14ClN5O/c1-19-11-3-14-12(15-4-11)17-5-9(6-17)7-18-8-10(13)2-16-18/h2-4,8-9H,5-7H2,1H3. The van der Waals surface area contributed by atoms with Crippen LogP contribution >= 0.6 is 11.6 Å². The molecule has 7 heteroatoms. The van der Waals surface area contributed by atoms with E-state index in [1.807, 2.05) is 10.9 Å². The van der Waals surface area contributed by atoms with Crippen LogP contribution in [0.1, 0.15) is 0 Å². The molecule has 0 atom stereocenters. The maximum Gasteiger partial charge on any atom is 0.225 e. The van der Waals surface area contributed by atoms with Crippen LogP contribution in [0.4, 0.5) is 5.95 Å². The molecular weight excluding hydrogens is 266 g/mol. The molecule has 3 rings (SSSR count). The number of ether oxygens (including phenoxy) is 1. The average Bonchev–Trinajstić information content (AvgIpc) is 2.79. The monoisotopic (exact) mass is 279 g/mol. The number of anilines is 1. The normalized spacial score (nSPS) is 15.4. The van der Waals surface area contributed by atoms with Gasteiger partial charge in [0.15, 0.2) is 5.75 Å². The summed E-state index contributed by atoms with van der Waals surface area (Å²) in [5, 5.41) is 4.85. The van der Waals surface area contributed by atoms with Crippen LogP contribution in [0.3, 0.4) is 0 Å². The Labute approximate surface area is 116 Å². The summed E-state index contributed by atoms with van der Waals surface area (Å²) < 4.78 is 6.91. The van der Waals surface area contributed by atoms with Gasteiger partial charge in [0, 0.05) is 31.7 Å². The van der Waals surface area contributed by atoms with Crippen LogP contribution in [0.2, 0.25) is 5.02 Å². The molecule has 2 aromatic heterocycles. The molecule has 1 aliphatic rings. The largest absolute Gasteiger partial charge is 0.494 e. The Morgan fingerprint density at radius 1 is 1.32 bits per heavy atom. The van der Waals surface area contributed by atoms with Crippen molar-refractivity contribution in [3.63, 3.8) is 0 Å². The van der Waals surface area contributed by atoms with Gasteiger partial charge in [0.05, 0.1) is 30.7 Å². The van der Waals surface area contributed by atoms with Crippen LogP contribution in [-0.2, 0) is 6.54 Å². The van der Waals surface area contributed by atoms with Crippen LogP contribution in [0.5, 0.6) is 5.75 Å². The fourth-order valence-electron chi connectivity index (χ4n) is 2.13. The highest BCUT2D eigenvalue weighted by molar-refractivity contribution is 6.30. The molecule has 1 fully saturated rings. The van der Waals surface area contributed by atoms with E-state index in [0.29, 0.717) is 16.7 Å². The van der Waals surface area contributed by atoms with Crippen LogP contribution in [0.25, 0.3) is 0 Å². The zero-order chi connectivity index (χ0) is 13.2. The minimum Gasteiger partial charge on any atom is -0.494 e. The van der Waals surface area contributed by atoms with Crippen molar-refractivity contribution in [1.82, 2.24) is 19.7 Å². The predicted octanol–water partition coefficient (Wildman–Crippen LogP) is 1.47. The summed E-state index contributed by atoms with van der Waals surface area (Å²) in [6, 6.07) is 0. The van der Waals surface area contributed by atoms with Gasteiger partial charge in [0.2, 0.25) is 5.95 Å². The van der Waals surface area contributed by atoms with Gasteiger partial charge in [0.25, 0.3) is 0 Å². The second-order valence-corrected chi connectivity index (χ2v) is 5.01. The molecule has 19 heavy (non-hydrogen) atoms. The quantitative estimate of drug-likeness (QED) is 0.848. The number of aromatic nitrogens is 4. The molecule has 0 unspecified atom stereocenters. The Hall–Kier alpha value is -1.82. The summed E-state index contributed by atoms with van der Waals surface area (Å²) in [5.41, 5.74) is 0. The molecule has 0 bridgehead atoms. The Morgan fingerprint density at radius 2 is 2.05 bits per heavy atom. The van der Waals surface area contributed by atoms with E-state index in [2.05, 4.69) is 20.0 Å². The number of methoxy groups -OCH3 is 1. The number of rotatable bonds is 4. The number of nitrogens with zero attached hydrogens (tertiary/aromatic N) is 5. The molecule has 3 heterocycles. The van der Waals surface area contributed by atoms with Crippen LogP contribution in [-0.4, -0.2) is 39.9 Å². The minimum absolute atomic E-state index is 0.557. The fourth-order valence-corrected chi connectivity index (χ4v) is 2.29. The van der Waals surface area contributed by atoms with Crippen LogP contribution in [0.15, 0.2) is 24.8 Å². The maximum atomic E-state index is 5.83. The zero-order valence-electron chi connectivity index (χ0n) is 10.5. The van der Waals surface area contributed by atoms with Crippen molar-refractivity contribution >= 4 is 17.5 Å². The molecule has 0 amide bonds. The molecule has 0 saturated carbocycles. The Kier molecular flexibility index (Phi) is 3.25. The first-order valence-electron chi connectivity index (χ1n) is 6.03. The maximum absolute atomic E-state index is 5.83. The molecule has 0 spiro atoms. The van der Waals surface area contributed by atoms with Crippen LogP contribution < -0.4 is 9.64 Å². The SMILES string of the molecule is COc1cnc(N2CC(Cn3cc(Cl)cn3)C2)nc1. The van der Waals surface area contributed by atoms with Gasteiger partial charge in [-0.1, -0.05) is 11.6 Å². The number of halogens is 1. The third-order valence-corrected chi connectivity index (χ3v) is 3.33. The first-order valence-corrected chi connectivity index (χ1v) is 6.41. The molecule has 100 valence electrons. The molecule has 0 radical (unpaired) electrons. The lowest BCUT2D eigenvalue weighted by Gasteiger charge is -2.39. The van der Waals surface area contributed by atoms with Crippen molar-refractivity contribution in [2.75, 3.05) is 25.1 Å². The summed E-state index contributed by atoms with van der Waals surface area (Å²) in [4.78, 5) is 10.7. The number of hydrogen-bond donors (Lipinski definition) is 0. The number of hydrogen-bond acceptors (Lipinski definition) is 5. The van der Waals surface area contributed by atoms with Crippen molar-refractivity contribution in [2.45, 2.75) is 6.54 Å². The second kappa shape index (κ2) is 5.05. The Balaban J connectivity index is 1.54. The van der Waals surface area contributed by atoms with E-state index in [4.69, 9.17) is 16.3 Å². The first kappa shape index (κ1) is 12.2. The van der Waals surface area contributed by atoms with Gasteiger partial charge < -0.3 is 9.64 Å². The predicted molar refractivity (Wildman–Crippen MR) is 71.5 cm³/mol. The van der Waals surface area contributed by atoms with Gasteiger partial charge in [-0.15, -0.1) is 0 Å². The fraction of sp³-hybridized carbons (Fsp3) is 0.417. The highest BCUT2D eigenvalue weighted by atomic mass is 35.5. The molecule has 6 nitrogen and oxygen atoms in total. The summed E-state index contributed by atoms with van der Waals surface area (Å²) in [5.74, 6) is 1.98. The third kappa shape index (κ3) is 2.63. The van der Waals surface area contributed by atoms with Gasteiger partial charge in [-0.25, -0.2) is 9.97 Å². The highest BCUT2D eigenvalue weighted by Crippen LogP contribution is 2.23. The molecule has 1 aliphatic heterocycles. The topological polar surface area (TPSA) is 56.1 Å². The van der Waals surface area contributed by atoms with Crippen molar-refractivity contribution in [3.05, 3.63) is 29.8 Å². The smallest absolute Gasteiger partial charge is 0.225 e. The zero-order valence-corrected chi connectivity index (χ0v) is 11.3. The van der Waals surface area contributed by atoms with Crippen molar-refractivity contribution < 1.29 is 4.74 Å². The summed E-state index contributed by atoms with van der Waals surface area (Å²) >= 11 is 5.83. The van der Waals surface area contributed by atoms with Gasteiger partial charge in [-0.05, 0) is 0 Å². The lowest BCUT2D eigenvalue weighted by Crippen LogP contribution is -2.49. The van der Waals surface area contributed by atoms with Crippen molar-refractivity contribution in [3.8, 4) is 5.75 Å². The Morgan fingerprint density at radius 3 is 2.63 bits per heavy atom. The van der Waals surface area contributed by atoms with Crippen molar-refractivity contribution in [2.24, 2.45) is 5.92 Å². The lowest BCUT2D eigenvalue weighted by atomic mass is 10.0. The minimum atomic E-state index is 0.557. The first-order chi connectivity index (χ1) is 9.24. The molecule has 0 aromatic carbocycles. The summed E-state index contributed by atoms with van der Waals surface area (Å²) in [6.07, 6.45) is 6.87. The average molecular weight is 280 g/mol. The molecule has 0 N–H and O–H groups in total. The molecule has 2 aromatic rings. The molecule has 1 saturated heterocycles. The molecular formula is C12H14ClN5O. The van der Waals surface area contributed by atoms with Gasteiger partial charge in [0.1, 0.15) is 0 Å². The van der Waals surface area contributed by atoms with E-state index < -0.39 is 0 Å². The van der Waals surface area contributed by atoms with E-state index in [1.165, 1.54) is 0 Å². The summed E-state index contributed by atoms with van der Waals surface area (Å²) in [7, 11) is 1.60. The van der Waals surface area contributed by atoms with Crippen LogP contribution in [0, 0.1) is 5.92 Å². The van der Waals surface area contributed by atoms with Gasteiger partial charge in [-0.2, -0.15) is 5.10 Å². The molecule has 0 aliphatic carbocycles. The van der Waals surface area contributed by atoms with E-state index >= 15 is 0 Å². The summed E-state index contributed by atoms with van der Waals surface area (Å²) in [6.45, 7) is 2.74. The van der Waals surface area contributed by atoms with E-state index in [-0.39, 0.29) is 0 Å². The van der Waals surface area contributed by atoms with Crippen molar-refractivity contribution in [1.29, 1.82) is 0 Å². The highest BCUT2D eigenvalue weighted by Gasteiger charge is 2.29. The van der Waals surface area contributed by atoms with E-state index in [9.17, 15) is 0 Å². The van der Waals surface area contributed by atoms with Gasteiger partial charge >= 0.3 is 0 Å². The van der Waals surface area contributed by atoms with E-state index in [1.54, 1.807) is 25.7 Å². The second-order valence-electron chi connectivity index (χ2n) is 4.57. The Bertz CT molecular complexity index is 550. The van der Waals surface area contributed by atoms with E-state index in [0.717, 1.165) is 25.6 Å². The third-order valence-electron chi connectivity index (χ3n) is 3.14. The van der Waals surface area contributed by atoms with Gasteiger partial charge in [-0.3, -0.25) is 4.68 Å². The lowest BCUT2D eigenvalue weighted by molar-refractivity contribution is 0.337.